The fourth-order valence-corrected chi connectivity index (χ4v) is 2.66. The Morgan fingerprint density at radius 2 is 1.95 bits per heavy atom. The van der Waals surface area contributed by atoms with Gasteiger partial charge >= 0.3 is 0 Å². The first-order valence-corrected chi connectivity index (χ1v) is 7.08. The van der Waals surface area contributed by atoms with E-state index in [1.807, 2.05) is 0 Å². The Labute approximate surface area is 136 Å². The standard InChI is InChI=1S/C15H21N3O3.ClH/c16-10-15(6-1-2-7-15)14(20)18-11-4-3-5-12(8-11)21-9-13(17)19;/h3-5,8H,1-2,6-7,9-10,16H2,(H2,17,19)(H,18,20);1H. The minimum absolute atomic E-state index is 0. The van der Waals surface area contributed by atoms with Crippen LogP contribution in [0.15, 0.2) is 24.3 Å². The highest BCUT2D eigenvalue weighted by molar-refractivity contribution is 5.95. The number of hydrogen-bond acceptors (Lipinski definition) is 4. The van der Waals surface area contributed by atoms with E-state index < -0.39 is 11.3 Å². The Morgan fingerprint density at radius 1 is 1.27 bits per heavy atom. The zero-order valence-electron chi connectivity index (χ0n) is 12.3. The molecule has 1 saturated carbocycles. The molecule has 1 aliphatic carbocycles. The van der Waals surface area contributed by atoms with Crippen molar-refractivity contribution in [3.8, 4) is 5.75 Å². The second-order valence-corrected chi connectivity index (χ2v) is 5.43. The molecular formula is C15H22ClN3O3. The second kappa shape index (κ2) is 8.00. The summed E-state index contributed by atoms with van der Waals surface area (Å²) in [7, 11) is 0. The molecule has 0 unspecified atom stereocenters. The van der Waals surface area contributed by atoms with Gasteiger partial charge < -0.3 is 21.5 Å². The molecule has 7 heteroatoms. The number of carbonyl (C=O) groups excluding carboxylic acids is 2. The number of amides is 2. The van der Waals surface area contributed by atoms with Gasteiger partial charge in [0.1, 0.15) is 5.75 Å². The van der Waals surface area contributed by atoms with E-state index in [2.05, 4.69) is 5.32 Å². The SMILES string of the molecule is Cl.NCC1(C(=O)Nc2cccc(OCC(N)=O)c2)CCCC1. The number of primary amides is 1. The fourth-order valence-electron chi connectivity index (χ4n) is 2.66. The molecule has 0 aliphatic heterocycles. The summed E-state index contributed by atoms with van der Waals surface area (Å²) in [5.74, 6) is -0.105. The molecule has 0 bridgehead atoms. The van der Waals surface area contributed by atoms with Crippen LogP contribution in [-0.2, 0) is 9.59 Å². The van der Waals surface area contributed by atoms with Crippen LogP contribution in [0.2, 0.25) is 0 Å². The number of carbonyl (C=O) groups is 2. The van der Waals surface area contributed by atoms with Crippen LogP contribution in [0.3, 0.4) is 0 Å². The van der Waals surface area contributed by atoms with Crippen molar-refractivity contribution in [2.45, 2.75) is 25.7 Å². The minimum Gasteiger partial charge on any atom is -0.484 e. The maximum absolute atomic E-state index is 12.4. The van der Waals surface area contributed by atoms with E-state index in [0.29, 0.717) is 18.0 Å². The van der Waals surface area contributed by atoms with Gasteiger partial charge in [0, 0.05) is 18.3 Å². The minimum atomic E-state index is -0.544. The molecule has 1 fully saturated rings. The number of benzene rings is 1. The lowest BCUT2D eigenvalue weighted by Crippen LogP contribution is -2.40. The molecule has 2 amide bonds. The number of hydrogen-bond donors (Lipinski definition) is 3. The quantitative estimate of drug-likeness (QED) is 0.734. The highest BCUT2D eigenvalue weighted by atomic mass is 35.5. The van der Waals surface area contributed by atoms with Gasteiger partial charge in [0.15, 0.2) is 6.61 Å². The van der Waals surface area contributed by atoms with Crippen molar-refractivity contribution in [1.82, 2.24) is 0 Å². The first-order chi connectivity index (χ1) is 10.1. The first kappa shape index (κ1) is 18.3. The summed E-state index contributed by atoms with van der Waals surface area (Å²) in [6, 6.07) is 6.89. The van der Waals surface area contributed by atoms with Gasteiger partial charge in [0.2, 0.25) is 5.91 Å². The predicted molar refractivity (Wildman–Crippen MR) is 87.0 cm³/mol. The number of anilines is 1. The Bertz CT molecular complexity index is 531. The van der Waals surface area contributed by atoms with Crippen LogP contribution in [0.25, 0.3) is 0 Å². The van der Waals surface area contributed by atoms with Crippen LogP contribution < -0.4 is 21.5 Å². The topological polar surface area (TPSA) is 107 Å². The van der Waals surface area contributed by atoms with Crippen molar-refractivity contribution >= 4 is 29.9 Å². The number of ether oxygens (including phenoxy) is 1. The average Bonchev–Trinajstić information content (AvgIpc) is 2.96. The molecule has 2 rings (SSSR count). The summed E-state index contributed by atoms with van der Waals surface area (Å²) in [5, 5.41) is 2.89. The van der Waals surface area contributed by atoms with Gasteiger partial charge in [-0.3, -0.25) is 9.59 Å². The molecule has 22 heavy (non-hydrogen) atoms. The Hall–Kier alpha value is -1.79. The first-order valence-electron chi connectivity index (χ1n) is 7.08. The molecule has 1 aromatic rings. The van der Waals surface area contributed by atoms with E-state index in [1.54, 1.807) is 24.3 Å². The molecule has 0 saturated heterocycles. The van der Waals surface area contributed by atoms with Crippen molar-refractivity contribution in [2.75, 3.05) is 18.5 Å². The Balaban J connectivity index is 0.00000242. The number of halogens is 1. The van der Waals surface area contributed by atoms with E-state index in [9.17, 15) is 9.59 Å². The van der Waals surface area contributed by atoms with E-state index in [4.69, 9.17) is 16.2 Å². The largest absolute Gasteiger partial charge is 0.484 e. The van der Waals surface area contributed by atoms with Gasteiger partial charge in [0.25, 0.3) is 5.91 Å². The smallest absolute Gasteiger partial charge is 0.255 e. The third-order valence-electron chi connectivity index (χ3n) is 3.91. The molecule has 0 heterocycles. The molecule has 1 aliphatic rings. The Kier molecular flexibility index (Phi) is 6.64. The molecule has 0 spiro atoms. The van der Waals surface area contributed by atoms with Gasteiger partial charge in [-0.2, -0.15) is 0 Å². The van der Waals surface area contributed by atoms with E-state index in [0.717, 1.165) is 25.7 Å². The summed E-state index contributed by atoms with van der Waals surface area (Å²) >= 11 is 0. The average molecular weight is 328 g/mol. The van der Waals surface area contributed by atoms with E-state index >= 15 is 0 Å². The highest BCUT2D eigenvalue weighted by Gasteiger charge is 2.39. The number of rotatable bonds is 6. The lowest BCUT2D eigenvalue weighted by atomic mass is 9.85. The predicted octanol–water partition coefficient (Wildman–Crippen LogP) is 1.43. The Morgan fingerprint density at radius 3 is 2.55 bits per heavy atom. The van der Waals surface area contributed by atoms with E-state index in [-0.39, 0.29) is 24.9 Å². The van der Waals surface area contributed by atoms with Crippen LogP contribution in [0.1, 0.15) is 25.7 Å². The van der Waals surface area contributed by atoms with Crippen molar-refractivity contribution < 1.29 is 14.3 Å². The van der Waals surface area contributed by atoms with Gasteiger partial charge in [-0.05, 0) is 25.0 Å². The van der Waals surface area contributed by atoms with Gasteiger partial charge in [0.05, 0.1) is 5.41 Å². The van der Waals surface area contributed by atoms with Gasteiger partial charge in [-0.25, -0.2) is 0 Å². The number of nitrogens with one attached hydrogen (secondary N) is 1. The van der Waals surface area contributed by atoms with Crippen LogP contribution in [0, 0.1) is 5.41 Å². The maximum atomic E-state index is 12.4. The summed E-state index contributed by atoms with van der Waals surface area (Å²) in [4.78, 5) is 23.1. The van der Waals surface area contributed by atoms with E-state index in [1.165, 1.54) is 0 Å². The third-order valence-corrected chi connectivity index (χ3v) is 3.91. The van der Waals surface area contributed by atoms with Crippen LogP contribution in [0.5, 0.6) is 5.75 Å². The summed E-state index contributed by atoms with van der Waals surface area (Å²) in [6.07, 6.45) is 3.72. The molecule has 122 valence electrons. The normalized spacial score (nSPS) is 15.7. The van der Waals surface area contributed by atoms with Crippen LogP contribution in [-0.4, -0.2) is 25.0 Å². The molecule has 5 N–H and O–H groups in total. The van der Waals surface area contributed by atoms with Crippen molar-refractivity contribution in [2.24, 2.45) is 16.9 Å². The van der Waals surface area contributed by atoms with Crippen molar-refractivity contribution in [1.29, 1.82) is 0 Å². The molecular weight excluding hydrogens is 306 g/mol. The lowest BCUT2D eigenvalue weighted by molar-refractivity contribution is -0.125. The van der Waals surface area contributed by atoms with Gasteiger partial charge in [-0.1, -0.05) is 18.9 Å². The molecule has 6 nitrogen and oxygen atoms in total. The van der Waals surface area contributed by atoms with Crippen LogP contribution in [0.4, 0.5) is 5.69 Å². The molecule has 0 radical (unpaired) electrons. The molecule has 1 aromatic carbocycles. The zero-order chi connectivity index (χ0) is 15.3. The highest BCUT2D eigenvalue weighted by Crippen LogP contribution is 2.38. The lowest BCUT2D eigenvalue weighted by Gasteiger charge is -2.25. The number of nitrogens with two attached hydrogens (primary N) is 2. The molecule has 0 aromatic heterocycles. The second-order valence-electron chi connectivity index (χ2n) is 5.43. The summed E-state index contributed by atoms with van der Waals surface area (Å²) < 4.78 is 5.22. The zero-order valence-corrected chi connectivity index (χ0v) is 13.2. The summed E-state index contributed by atoms with van der Waals surface area (Å²) in [6.45, 7) is 0.167. The van der Waals surface area contributed by atoms with Gasteiger partial charge in [-0.15, -0.1) is 12.4 Å². The summed E-state index contributed by atoms with van der Waals surface area (Å²) in [5.41, 5.74) is 11.0. The fraction of sp³-hybridized carbons (Fsp3) is 0.467. The third kappa shape index (κ3) is 4.35. The maximum Gasteiger partial charge on any atom is 0.255 e. The van der Waals surface area contributed by atoms with Crippen LogP contribution >= 0.6 is 12.4 Å². The van der Waals surface area contributed by atoms with Crippen molar-refractivity contribution in [3.05, 3.63) is 24.3 Å². The monoisotopic (exact) mass is 327 g/mol. The molecule has 0 atom stereocenters. The van der Waals surface area contributed by atoms with Crippen molar-refractivity contribution in [3.63, 3.8) is 0 Å².